The van der Waals surface area contributed by atoms with Crippen molar-refractivity contribution in [3.8, 4) is 0 Å². The van der Waals surface area contributed by atoms with E-state index in [1.807, 2.05) is 0 Å². The van der Waals surface area contributed by atoms with E-state index in [1.54, 1.807) is 13.0 Å². The van der Waals surface area contributed by atoms with Gasteiger partial charge in [-0.15, -0.1) is 18.2 Å². The Labute approximate surface area is 101 Å². The Bertz CT molecular complexity index is 393. The van der Waals surface area contributed by atoms with Crippen LogP contribution in [0.15, 0.2) is 12.7 Å². The lowest BCUT2D eigenvalue weighted by molar-refractivity contribution is -0.132. The molecule has 92 valence electrons. The predicted octanol–water partition coefficient (Wildman–Crippen LogP) is 0.817. The van der Waals surface area contributed by atoms with Crippen LogP contribution >= 0.6 is 11.6 Å². The molecule has 0 radical (unpaired) electrons. The molecule has 0 aromatic heterocycles. The molecule has 0 aromatic carbocycles. The van der Waals surface area contributed by atoms with Crippen molar-refractivity contribution in [1.29, 1.82) is 0 Å². The molecule has 0 unspecified atom stereocenters. The topological polar surface area (TPSA) is 54.5 Å². The summed E-state index contributed by atoms with van der Waals surface area (Å²) in [5, 5.41) is 0. The van der Waals surface area contributed by atoms with E-state index in [-0.39, 0.29) is 23.3 Å². The SMILES string of the molecule is C=CCN(C(=O)CCl)[C@]1(C)CCS(=O)(=O)C1. The molecule has 0 aromatic rings. The lowest BCUT2D eigenvalue weighted by Gasteiger charge is -2.36. The summed E-state index contributed by atoms with van der Waals surface area (Å²) in [7, 11) is -3.03. The molecule has 0 spiro atoms. The van der Waals surface area contributed by atoms with E-state index < -0.39 is 15.4 Å². The first-order valence-electron chi connectivity index (χ1n) is 5.02. The molecule has 1 amide bonds. The molecule has 4 nitrogen and oxygen atoms in total. The quantitative estimate of drug-likeness (QED) is 0.559. The van der Waals surface area contributed by atoms with Gasteiger partial charge in [0.05, 0.1) is 17.0 Å². The van der Waals surface area contributed by atoms with Crippen molar-refractivity contribution < 1.29 is 13.2 Å². The van der Waals surface area contributed by atoms with Crippen LogP contribution in [0.4, 0.5) is 0 Å². The summed E-state index contributed by atoms with van der Waals surface area (Å²) in [6.07, 6.45) is 2.05. The van der Waals surface area contributed by atoms with Crippen molar-refractivity contribution in [2.75, 3.05) is 23.9 Å². The van der Waals surface area contributed by atoms with Gasteiger partial charge >= 0.3 is 0 Å². The average Bonchev–Trinajstić information content (AvgIpc) is 2.49. The first-order chi connectivity index (χ1) is 7.34. The maximum absolute atomic E-state index is 11.7. The third-order valence-corrected chi connectivity index (χ3v) is 4.98. The van der Waals surface area contributed by atoms with E-state index in [2.05, 4.69) is 6.58 Å². The number of nitrogens with zero attached hydrogens (tertiary/aromatic N) is 1. The smallest absolute Gasteiger partial charge is 0.238 e. The van der Waals surface area contributed by atoms with Gasteiger partial charge in [0.2, 0.25) is 5.91 Å². The zero-order valence-corrected chi connectivity index (χ0v) is 10.9. The van der Waals surface area contributed by atoms with Crippen LogP contribution < -0.4 is 0 Å². The Morgan fingerprint density at radius 3 is 2.62 bits per heavy atom. The average molecular weight is 266 g/mol. The Kier molecular flexibility index (Phi) is 4.02. The summed E-state index contributed by atoms with van der Waals surface area (Å²) in [4.78, 5) is 13.2. The van der Waals surface area contributed by atoms with Crippen LogP contribution in [0.2, 0.25) is 0 Å². The van der Waals surface area contributed by atoms with Crippen LogP contribution in [0, 0.1) is 0 Å². The molecule has 0 N–H and O–H groups in total. The van der Waals surface area contributed by atoms with Crippen LogP contribution in [0.1, 0.15) is 13.3 Å². The van der Waals surface area contributed by atoms with E-state index in [9.17, 15) is 13.2 Å². The number of alkyl halides is 1. The standard InChI is InChI=1S/C10H16ClNO3S/c1-3-5-12(9(13)7-11)10(2)4-6-16(14,15)8-10/h3H,1,4-8H2,2H3/t10-/m1/s1. The van der Waals surface area contributed by atoms with Gasteiger partial charge in [-0.05, 0) is 13.3 Å². The van der Waals surface area contributed by atoms with E-state index in [0.29, 0.717) is 13.0 Å². The second kappa shape index (κ2) is 4.75. The van der Waals surface area contributed by atoms with Gasteiger partial charge < -0.3 is 4.90 Å². The minimum absolute atomic E-state index is 0.0104. The van der Waals surface area contributed by atoms with Crippen LogP contribution in [-0.4, -0.2) is 48.7 Å². The maximum Gasteiger partial charge on any atom is 0.238 e. The number of hydrogen-bond acceptors (Lipinski definition) is 3. The Morgan fingerprint density at radius 1 is 1.62 bits per heavy atom. The van der Waals surface area contributed by atoms with Crippen molar-refractivity contribution in [3.63, 3.8) is 0 Å². The third-order valence-electron chi connectivity index (χ3n) is 2.86. The number of carbonyl (C=O) groups excluding carboxylic acids is 1. The maximum atomic E-state index is 11.7. The summed E-state index contributed by atoms with van der Waals surface area (Å²) >= 11 is 5.52. The Morgan fingerprint density at radius 2 is 2.25 bits per heavy atom. The fourth-order valence-corrected chi connectivity index (χ4v) is 4.32. The number of amides is 1. The van der Waals surface area contributed by atoms with Crippen molar-refractivity contribution >= 4 is 27.3 Å². The molecule has 6 heteroatoms. The van der Waals surface area contributed by atoms with Crippen LogP contribution in [0.5, 0.6) is 0 Å². The monoisotopic (exact) mass is 265 g/mol. The number of hydrogen-bond donors (Lipinski definition) is 0. The number of rotatable bonds is 4. The normalized spacial score (nSPS) is 27.6. The molecular weight excluding hydrogens is 250 g/mol. The minimum Gasteiger partial charge on any atom is -0.332 e. The van der Waals surface area contributed by atoms with Crippen molar-refractivity contribution in [2.45, 2.75) is 18.9 Å². The molecule has 1 atom stereocenters. The van der Waals surface area contributed by atoms with Crippen LogP contribution in [-0.2, 0) is 14.6 Å². The summed E-state index contributed by atoms with van der Waals surface area (Å²) in [5.41, 5.74) is -0.640. The zero-order valence-electron chi connectivity index (χ0n) is 9.28. The van der Waals surface area contributed by atoms with E-state index in [1.165, 1.54) is 4.90 Å². The summed E-state index contributed by atoms with van der Waals surface area (Å²) in [6.45, 7) is 5.68. The van der Waals surface area contributed by atoms with Gasteiger partial charge in [-0.25, -0.2) is 8.42 Å². The molecule has 1 saturated heterocycles. The highest BCUT2D eigenvalue weighted by Crippen LogP contribution is 2.29. The van der Waals surface area contributed by atoms with Gasteiger partial charge in [0.1, 0.15) is 5.88 Å². The molecule has 1 rings (SSSR count). The molecule has 0 bridgehead atoms. The second-order valence-electron chi connectivity index (χ2n) is 4.27. The van der Waals surface area contributed by atoms with Crippen molar-refractivity contribution in [3.05, 3.63) is 12.7 Å². The molecule has 16 heavy (non-hydrogen) atoms. The van der Waals surface area contributed by atoms with Crippen molar-refractivity contribution in [2.24, 2.45) is 0 Å². The predicted molar refractivity (Wildman–Crippen MR) is 64.3 cm³/mol. The fourth-order valence-electron chi connectivity index (χ4n) is 2.03. The third kappa shape index (κ3) is 2.77. The molecular formula is C10H16ClNO3S. The van der Waals surface area contributed by atoms with E-state index >= 15 is 0 Å². The van der Waals surface area contributed by atoms with Crippen LogP contribution in [0.25, 0.3) is 0 Å². The lowest BCUT2D eigenvalue weighted by atomic mass is 9.99. The van der Waals surface area contributed by atoms with Gasteiger partial charge in [0.15, 0.2) is 9.84 Å². The van der Waals surface area contributed by atoms with Gasteiger partial charge in [-0.1, -0.05) is 6.08 Å². The molecule has 0 aliphatic carbocycles. The van der Waals surface area contributed by atoms with Gasteiger partial charge in [-0.2, -0.15) is 0 Å². The lowest BCUT2D eigenvalue weighted by Crippen LogP contribution is -2.51. The highest BCUT2D eigenvalue weighted by Gasteiger charge is 2.44. The number of halogens is 1. The second-order valence-corrected chi connectivity index (χ2v) is 6.72. The molecule has 1 aliphatic rings. The fraction of sp³-hybridized carbons (Fsp3) is 0.700. The minimum atomic E-state index is -3.03. The van der Waals surface area contributed by atoms with Crippen LogP contribution in [0.3, 0.4) is 0 Å². The van der Waals surface area contributed by atoms with Gasteiger partial charge in [0.25, 0.3) is 0 Å². The zero-order chi connectivity index (χ0) is 12.4. The molecule has 1 fully saturated rings. The highest BCUT2D eigenvalue weighted by molar-refractivity contribution is 7.91. The summed E-state index contributed by atoms with van der Waals surface area (Å²) in [5.74, 6) is -0.242. The Hall–Kier alpha value is -0.550. The van der Waals surface area contributed by atoms with Gasteiger partial charge in [0, 0.05) is 6.54 Å². The van der Waals surface area contributed by atoms with E-state index in [4.69, 9.17) is 11.6 Å². The van der Waals surface area contributed by atoms with E-state index in [0.717, 1.165) is 0 Å². The number of carbonyl (C=O) groups is 1. The van der Waals surface area contributed by atoms with Crippen molar-refractivity contribution in [1.82, 2.24) is 4.90 Å². The first-order valence-corrected chi connectivity index (χ1v) is 7.38. The van der Waals surface area contributed by atoms with Gasteiger partial charge in [-0.3, -0.25) is 4.79 Å². The highest BCUT2D eigenvalue weighted by atomic mass is 35.5. The molecule has 1 heterocycles. The largest absolute Gasteiger partial charge is 0.332 e. The summed E-state index contributed by atoms with van der Waals surface area (Å²) in [6, 6.07) is 0. The summed E-state index contributed by atoms with van der Waals surface area (Å²) < 4.78 is 22.9. The molecule has 0 saturated carbocycles. The molecule has 1 aliphatic heterocycles. The Balaban J connectivity index is 2.94. The first kappa shape index (κ1) is 13.5. The number of sulfone groups is 1.